The van der Waals surface area contributed by atoms with Gasteiger partial charge in [0.15, 0.2) is 17.5 Å². The third kappa shape index (κ3) is 9.05. The SMILES string of the molecule is N#Cc1cccc(-c2ccc(-c3nc(-c4ccc(-c5cccc(C#N)c5)cc4-n4c5ccccc5c5c4ccc4c6ccccc6n(-c6ccccc6)c45)nc(-c4ccc(-c5cccc(C#N)c5)cc4-n4c5ccccc5c5c4ccc4c6ccccc6n(-c6ccccc6)c45)n3)cc2)c1. The Hall–Kier alpha value is -14.2. The lowest BCUT2D eigenvalue weighted by Gasteiger charge is -2.18. The van der Waals surface area contributed by atoms with Gasteiger partial charge in [0.1, 0.15) is 0 Å². The van der Waals surface area contributed by atoms with Crippen molar-refractivity contribution in [1.82, 2.24) is 33.2 Å². The highest BCUT2D eigenvalue weighted by atomic mass is 15.1. The third-order valence-corrected chi connectivity index (χ3v) is 19.7. The summed E-state index contributed by atoms with van der Waals surface area (Å²) in [7, 11) is 0. The Morgan fingerprint density at radius 2 is 0.570 bits per heavy atom. The van der Waals surface area contributed by atoms with Crippen molar-refractivity contribution in [2.24, 2.45) is 0 Å². The summed E-state index contributed by atoms with van der Waals surface area (Å²) in [6, 6.07) is 116. The van der Waals surface area contributed by atoms with Crippen LogP contribution >= 0.6 is 0 Å². The number of benzene rings is 14. The standard InChI is InChI=1S/C90H52N10/c91-53-56-18-15-21-61(48-56)59-36-38-60(39-37-59)88-94-89(74-42-40-64(62-22-16-19-57(49-62)54-92)51-82(74)99-78-34-13-9-30-72(78)84-80(99)46-44-70-68-28-7-11-32-76(68)97(86(70)84)66-24-3-1-4-25-66)96-90(95-88)75-43-41-65(63-23-17-20-58(50-63)55-93)52-83(75)100-79-35-14-10-31-73(79)85-81(100)47-45-71-69-29-8-12-33-77(69)98(87(71)85)67-26-5-2-6-27-67/h1-52H. The first kappa shape index (κ1) is 57.2. The number of nitrogens with zero attached hydrogens (tertiary/aromatic N) is 10. The van der Waals surface area contributed by atoms with Crippen LogP contribution in [0.5, 0.6) is 0 Å². The van der Waals surface area contributed by atoms with Crippen molar-refractivity contribution >= 4 is 87.2 Å². The third-order valence-electron chi connectivity index (χ3n) is 19.7. The second-order valence-corrected chi connectivity index (χ2v) is 25.2. The number of hydrogen-bond acceptors (Lipinski definition) is 6. The molecule has 5 aromatic heterocycles. The molecule has 0 amide bonds. The average Bonchev–Trinajstić information content (AvgIpc) is 1.55. The minimum atomic E-state index is 0.427. The molecule has 462 valence electrons. The van der Waals surface area contributed by atoms with Crippen molar-refractivity contribution in [3.8, 4) is 109 Å². The highest BCUT2D eigenvalue weighted by molar-refractivity contribution is 6.28. The molecule has 10 heteroatoms. The van der Waals surface area contributed by atoms with Gasteiger partial charge < -0.3 is 18.3 Å². The van der Waals surface area contributed by atoms with Gasteiger partial charge in [0, 0.05) is 71.2 Å². The fraction of sp³-hybridized carbons (Fsp3) is 0. The van der Waals surface area contributed by atoms with E-state index in [0.29, 0.717) is 34.2 Å². The lowest BCUT2D eigenvalue weighted by molar-refractivity contribution is 1.06. The van der Waals surface area contributed by atoms with E-state index in [2.05, 4.69) is 279 Å². The molecule has 0 aliphatic carbocycles. The van der Waals surface area contributed by atoms with E-state index in [1.807, 2.05) is 72.8 Å². The zero-order valence-corrected chi connectivity index (χ0v) is 53.5. The predicted molar refractivity (Wildman–Crippen MR) is 404 cm³/mol. The summed E-state index contributed by atoms with van der Waals surface area (Å²) in [6.45, 7) is 0. The molecule has 0 saturated heterocycles. The molecular weight excluding hydrogens is 1220 g/mol. The van der Waals surface area contributed by atoms with Crippen LogP contribution in [0.4, 0.5) is 0 Å². The highest BCUT2D eigenvalue weighted by Gasteiger charge is 2.28. The van der Waals surface area contributed by atoms with Crippen molar-refractivity contribution in [3.63, 3.8) is 0 Å². The summed E-state index contributed by atoms with van der Waals surface area (Å²) in [5.41, 5.74) is 21.4. The van der Waals surface area contributed by atoms with Gasteiger partial charge >= 0.3 is 0 Å². The summed E-state index contributed by atoms with van der Waals surface area (Å²) < 4.78 is 9.52. The van der Waals surface area contributed by atoms with E-state index in [1.54, 1.807) is 0 Å². The molecule has 5 heterocycles. The van der Waals surface area contributed by atoms with E-state index in [1.165, 1.54) is 0 Å². The first-order valence-corrected chi connectivity index (χ1v) is 33.2. The van der Waals surface area contributed by atoms with Crippen LogP contribution in [0.15, 0.2) is 315 Å². The molecule has 100 heavy (non-hydrogen) atoms. The van der Waals surface area contributed by atoms with E-state index >= 15 is 0 Å². The van der Waals surface area contributed by atoms with E-state index < -0.39 is 0 Å². The van der Waals surface area contributed by atoms with Gasteiger partial charge in [-0.3, -0.25) is 0 Å². The molecule has 0 fully saturated rings. The predicted octanol–water partition coefficient (Wildman–Crippen LogP) is 21.9. The Balaban J connectivity index is 0.917. The summed E-state index contributed by atoms with van der Waals surface area (Å²) in [5.74, 6) is 1.30. The highest BCUT2D eigenvalue weighted by Crippen LogP contribution is 2.47. The molecular formula is C90H52N10. The van der Waals surface area contributed by atoms with Crippen molar-refractivity contribution in [2.45, 2.75) is 0 Å². The molecule has 0 unspecified atom stereocenters. The lowest BCUT2D eigenvalue weighted by Crippen LogP contribution is -2.06. The van der Waals surface area contributed by atoms with Crippen LogP contribution in [0.3, 0.4) is 0 Å². The van der Waals surface area contributed by atoms with Crippen LogP contribution in [0.2, 0.25) is 0 Å². The number of nitriles is 3. The molecule has 0 spiro atoms. The zero-order chi connectivity index (χ0) is 66.5. The largest absolute Gasteiger partial charge is 0.309 e. The molecule has 0 aliphatic heterocycles. The smallest absolute Gasteiger partial charge is 0.166 e. The van der Waals surface area contributed by atoms with Gasteiger partial charge in [-0.1, -0.05) is 194 Å². The van der Waals surface area contributed by atoms with Crippen molar-refractivity contribution in [3.05, 3.63) is 332 Å². The first-order valence-electron chi connectivity index (χ1n) is 33.2. The Morgan fingerprint density at radius 1 is 0.230 bits per heavy atom. The summed E-state index contributed by atoms with van der Waals surface area (Å²) in [6.07, 6.45) is 0. The van der Waals surface area contributed by atoms with Crippen LogP contribution < -0.4 is 0 Å². The van der Waals surface area contributed by atoms with Gasteiger partial charge in [0.25, 0.3) is 0 Å². The van der Waals surface area contributed by atoms with Gasteiger partial charge in [-0.25, -0.2) is 15.0 Å². The molecule has 19 aromatic rings. The maximum atomic E-state index is 10.3. The topological polar surface area (TPSA) is 130 Å². The molecule has 0 bridgehead atoms. The summed E-state index contributed by atoms with van der Waals surface area (Å²) >= 11 is 0. The second-order valence-electron chi connectivity index (χ2n) is 25.2. The van der Waals surface area contributed by atoms with Crippen LogP contribution in [0.25, 0.3) is 178 Å². The maximum Gasteiger partial charge on any atom is 0.166 e. The molecule has 0 saturated carbocycles. The van der Waals surface area contributed by atoms with E-state index in [9.17, 15) is 15.8 Å². The van der Waals surface area contributed by atoms with Gasteiger partial charge in [-0.2, -0.15) is 15.8 Å². The number of fused-ring (bicyclic) bond motifs is 14. The Labute approximate surface area is 573 Å². The maximum absolute atomic E-state index is 10.3. The van der Waals surface area contributed by atoms with Crippen LogP contribution in [0.1, 0.15) is 16.7 Å². The van der Waals surface area contributed by atoms with Gasteiger partial charge in [0.05, 0.1) is 90.4 Å². The van der Waals surface area contributed by atoms with Gasteiger partial charge in [-0.15, -0.1) is 0 Å². The van der Waals surface area contributed by atoms with Crippen molar-refractivity contribution in [2.75, 3.05) is 0 Å². The lowest BCUT2D eigenvalue weighted by atomic mass is 9.99. The Kier molecular flexibility index (Phi) is 13.2. The zero-order valence-electron chi connectivity index (χ0n) is 53.5. The fourth-order valence-corrected chi connectivity index (χ4v) is 15.3. The minimum absolute atomic E-state index is 0.427. The fourth-order valence-electron chi connectivity index (χ4n) is 15.3. The minimum Gasteiger partial charge on any atom is -0.309 e. The van der Waals surface area contributed by atoms with Crippen LogP contribution in [-0.4, -0.2) is 33.2 Å². The Morgan fingerprint density at radius 3 is 0.990 bits per heavy atom. The molecule has 10 nitrogen and oxygen atoms in total. The number of para-hydroxylation sites is 6. The monoisotopic (exact) mass is 1270 g/mol. The summed E-state index contributed by atoms with van der Waals surface area (Å²) in [5, 5.41) is 39.5. The molecule has 0 N–H and O–H groups in total. The van der Waals surface area contributed by atoms with Crippen LogP contribution in [0, 0.1) is 34.0 Å². The number of aromatic nitrogens is 7. The Bertz CT molecular complexity index is 6390. The molecule has 0 radical (unpaired) electrons. The van der Waals surface area contributed by atoms with Gasteiger partial charge in [0.2, 0.25) is 0 Å². The van der Waals surface area contributed by atoms with Gasteiger partial charge in [-0.05, 0) is 155 Å². The molecule has 14 aromatic carbocycles. The molecule has 19 rings (SSSR count). The normalized spacial score (nSPS) is 11.6. The first-order chi connectivity index (χ1) is 49.5. The van der Waals surface area contributed by atoms with Crippen molar-refractivity contribution in [1.29, 1.82) is 15.8 Å². The second kappa shape index (κ2) is 23.0. The number of hydrogen-bond donors (Lipinski definition) is 0. The van der Waals surface area contributed by atoms with Crippen LogP contribution in [-0.2, 0) is 0 Å². The number of rotatable bonds is 10. The van der Waals surface area contributed by atoms with E-state index in [4.69, 9.17) is 15.0 Å². The quantitative estimate of drug-likeness (QED) is 0.134. The van der Waals surface area contributed by atoms with Crippen molar-refractivity contribution < 1.29 is 0 Å². The summed E-state index contributed by atoms with van der Waals surface area (Å²) in [4.78, 5) is 17.0. The molecule has 0 atom stereocenters. The van der Waals surface area contributed by atoms with E-state index in [0.717, 1.165) is 160 Å². The average molecular weight is 1270 g/mol. The van der Waals surface area contributed by atoms with E-state index in [-0.39, 0.29) is 0 Å². The molecule has 0 aliphatic rings.